The van der Waals surface area contributed by atoms with E-state index in [2.05, 4.69) is 15.1 Å². The molecule has 0 fully saturated rings. The van der Waals surface area contributed by atoms with Crippen LogP contribution in [0.3, 0.4) is 0 Å². The van der Waals surface area contributed by atoms with E-state index in [4.69, 9.17) is 0 Å². The lowest BCUT2D eigenvalue weighted by atomic mass is 10.2. The van der Waals surface area contributed by atoms with E-state index in [1.54, 1.807) is 17.9 Å². The molecule has 20 heavy (non-hydrogen) atoms. The van der Waals surface area contributed by atoms with Crippen LogP contribution >= 0.6 is 0 Å². The number of hydrogen-bond donors (Lipinski definition) is 1. The maximum absolute atomic E-state index is 12.7. The Kier molecular flexibility index (Phi) is 2.60. The first-order valence-corrected chi connectivity index (χ1v) is 5.92. The van der Waals surface area contributed by atoms with Crippen molar-refractivity contribution in [1.82, 2.24) is 19.7 Å². The summed E-state index contributed by atoms with van der Waals surface area (Å²) in [5.74, 6) is 0.518. The van der Waals surface area contributed by atoms with Gasteiger partial charge in [-0.2, -0.15) is 18.3 Å². The van der Waals surface area contributed by atoms with Crippen molar-refractivity contribution in [2.75, 3.05) is 0 Å². The minimum Gasteiger partial charge on any atom is -0.338 e. The van der Waals surface area contributed by atoms with Crippen molar-refractivity contribution in [3.05, 3.63) is 35.7 Å². The Morgan fingerprint density at radius 1 is 1.25 bits per heavy atom. The van der Waals surface area contributed by atoms with E-state index in [0.717, 1.165) is 23.4 Å². The Morgan fingerprint density at radius 2 is 2.00 bits per heavy atom. The number of aromatic amines is 1. The van der Waals surface area contributed by atoms with Gasteiger partial charge in [0.25, 0.3) is 0 Å². The molecular formula is C13H11F3N4. The molecule has 0 aliphatic heterocycles. The van der Waals surface area contributed by atoms with Gasteiger partial charge < -0.3 is 4.98 Å². The standard InChI is InChI=1S/C13H11F3N4/c1-7-9(6-17-20(7)2)12-18-10-4-3-8(13(14,15)16)5-11(10)19-12/h3-6H,1-2H3,(H,18,19). The molecule has 1 N–H and O–H groups in total. The lowest BCUT2D eigenvalue weighted by Crippen LogP contribution is -2.04. The summed E-state index contributed by atoms with van der Waals surface area (Å²) in [5.41, 5.74) is 1.83. The summed E-state index contributed by atoms with van der Waals surface area (Å²) in [6.45, 7) is 1.87. The van der Waals surface area contributed by atoms with E-state index in [9.17, 15) is 13.2 Å². The molecular weight excluding hydrogens is 269 g/mol. The Bertz CT molecular complexity index is 783. The zero-order valence-electron chi connectivity index (χ0n) is 10.8. The Labute approximate surface area is 112 Å². The summed E-state index contributed by atoms with van der Waals surface area (Å²) in [7, 11) is 1.79. The molecule has 0 aliphatic carbocycles. The fourth-order valence-corrected chi connectivity index (χ4v) is 2.04. The molecule has 0 amide bonds. The third-order valence-corrected chi connectivity index (χ3v) is 3.30. The maximum atomic E-state index is 12.7. The Morgan fingerprint density at radius 3 is 2.60 bits per heavy atom. The average Bonchev–Trinajstić information content (AvgIpc) is 2.92. The van der Waals surface area contributed by atoms with Crippen molar-refractivity contribution >= 4 is 11.0 Å². The highest BCUT2D eigenvalue weighted by Gasteiger charge is 2.30. The van der Waals surface area contributed by atoms with E-state index in [1.165, 1.54) is 6.07 Å². The summed E-state index contributed by atoms with van der Waals surface area (Å²) in [6.07, 6.45) is -2.72. The maximum Gasteiger partial charge on any atom is 0.416 e. The molecule has 2 heterocycles. The monoisotopic (exact) mass is 280 g/mol. The summed E-state index contributed by atoms with van der Waals surface area (Å²) >= 11 is 0. The summed E-state index contributed by atoms with van der Waals surface area (Å²) in [4.78, 5) is 7.22. The van der Waals surface area contributed by atoms with Gasteiger partial charge in [0.1, 0.15) is 5.82 Å². The van der Waals surface area contributed by atoms with Gasteiger partial charge in [0.05, 0.1) is 28.4 Å². The molecule has 1 aromatic carbocycles. The number of hydrogen-bond acceptors (Lipinski definition) is 2. The summed E-state index contributed by atoms with van der Waals surface area (Å²) < 4.78 is 39.7. The first-order chi connectivity index (χ1) is 9.36. The smallest absolute Gasteiger partial charge is 0.338 e. The third kappa shape index (κ3) is 1.95. The number of rotatable bonds is 1. The third-order valence-electron chi connectivity index (χ3n) is 3.30. The number of benzene rings is 1. The van der Waals surface area contributed by atoms with Gasteiger partial charge in [-0.15, -0.1) is 0 Å². The number of alkyl halides is 3. The van der Waals surface area contributed by atoms with Crippen LogP contribution < -0.4 is 0 Å². The van der Waals surface area contributed by atoms with Gasteiger partial charge in [-0.1, -0.05) is 0 Å². The van der Waals surface area contributed by atoms with Crippen molar-refractivity contribution in [1.29, 1.82) is 0 Å². The molecule has 0 atom stereocenters. The lowest BCUT2D eigenvalue weighted by Gasteiger charge is -2.05. The first-order valence-electron chi connectivity index (χ1n) is 5.92. The van der Waals surface area contributed by atoms with Crippen LogP contribution in [0.4, 0.5) is 13.2 Å². The molecule has 0 bridgehead atoms. The zero-order chi connectivity index (χ0) is 14.5. The molecule has 0 saturated carbocycles. The number of fused-ring (bicyclic) bond motifs is 1. The molecule has 4 nitrogen and oxygen atoms in total. The molecule has 3 aromatic rings. The van der Waals surface area contributed by atoms with Gasteiger partial charge in [0.2, 0.25) is 0 Å². The van der Waals surface area contributed by atoms with Crippen LogP contribution in [0.2, 0.25) is 0 Å². The van der Waals surface area contributed by atoms with Crippen molar-refractivity contribution in [3.8, 4) is 11.4 Å². The van der Waals surface area contributed by atoms with Crippen LogP contribution in [0.5, 0.6) is 0 Å². The highest BCUT2D eigenvalue weighted by atomic mass is 19.4. The first kappa shape index (κ1) is 12.7. The van der Waals surface area contributed by atoms with Crippen LogP contribution in [-0.4, -0.2) is 19.7 Å². The van der Waals surface area contributed by atoms with Gasteiger partial charge in [-0.05, 0) is 25.1 Å². The summed E-state index contributed by atoms with van der Waals surface area (Å²) in [5, 5.41) is 4.10. The molecule has 3 rings (SSSR count). The average molecular weight is 280 g/mol. The topological polar surface area (TPSA) is 46.5 Å². The minimum absolute atomic E-state index is 0.359. The van der Waals surface area contributed by atoms with Gasteiger partial charge in [0, 0.05) is 12.7 Å². The van der Waals surface area contributed by atoms with Crippen LogP contribution in [0.15, 0.2) is 24.4 Å². The number of imidazole rings is 1. The number of halogens is 3. The van der Waals surface area contributed by atoms with Crippen LogP contribution in [0, 0.1) is 6.92 Å². The predicted molar refractivity (Wildman–Crippen MR) is 68.0 cm³/mol. The molecule has 7 heteroatoms. The van der Waals surface area contributed by atoms with Crippen molar-refractivity contribution < 1.29 is 13.2 Å². The van der Waals surface area contributed by atoms with Gasteiger partial charge in [-0.3, -0.25) is 4.68 Å². The van der Waals surface area contributed by atoms with Crippen molar-refractivity contribution in [2.45, 2.75) is 13.1 Å². The quantitative estimate of drug-likeness (QED) is 0.743. The molecule has 0 radical (unpaired) electrons. The second-order valence-electron chi connectivity index (χ2n) is 4.58. The normalized spacial score (nSPS) is 12.2. The van der Waals surface area contributed by atoms with E-state index >= 15 is 0 Å². The number of nitrogens with zero attached hydrogens (tertiary/aromatic N) is 3. The predicted octanol–water partition coefficient (Wildman–Crippen LogP) is 3.29. The van der Waals surface area contributed by atoms with Gasteiger partial charge in [-0.25, -0.2) is 4.98 Å². The van der Waals surface area contributed by atoms with Crippen molar-refractivity contribution in [2.24, 2.45) is 7.05 Å². The lowest BCUT2D eigenvalue weighted by molar-refractivity contribution is -0.137. The number of nitrogens with one attached hydrogen (secondary N) is 1. The van der Waals surface area contributed by atoms with Gasteiger partial charge >= 0.3 is 6.18 Å². The summed E-state index contributed by atoms with van der Waals surface area (Å²) in [6, 6.07) is 3.46. The highest BCUT2D eigenvalue weighted by Crippen LogP contribution is 2.31. The van der Waals surface area contributed by atoms with Crippen LogP contribution in [-0.2, 0) is 13.2 Å². The highest BCUT2D eigenvalue weighted by molar-refractivity contribution is 5.80. The number of aryl methyl sites for hydroxylation is 1. The SMILES string of the molecule is Cc1c(-c2nc3ccc(C(F)(F)F)cc3[nH]2)cnn1C. The number of aromatic nitrogens is 4. The molecule has 2 aromatic heterocycles. The molecule has 0 saturated heterocycles. The van der Waals surface area contributed by atoms with E-state index < -0.39 is 11.7 Å². The molecule has 104 valence electrons. The molecule has 0 aliphatic rings. The van der Waals surface area contributed by atoms with Crippen molar-refractivity contribution in [3.63, 3.8) is 0 Å². The Hall–Kier alpha value is -2.31. The fraction of sp³-hybridized carbons (Fsp3) is 0.231. The second-order valence-corrected chi connectivity index (χ2v) is 4.58. The van der Waals surface area contributed by atoms with E-state index in [-0.39, 0.29) is 0 Å². The second kappa shape index (κ2) is 4.09. The number of H-pyrrole nitrogens is 1. The van der Waals surface area contributed by atoms with E-state index in [1.807, 2.05) is 6.92 Å². The van der Waals surface area contributed by atoms with Gasteiger partial charge in [0.15, 0.2) is 0 Å². The molecule has 0 spiro atoms. The van der Waals surface area contributed by atoms with E-state index in [0.29, 0.717) is 16.9 Å². The van der Waals surface area contributed by atoms with Crippen LogP contribution in [0.1, 0.15) is 11.3 Å². The fourth-order valence-electron chi connectivity index (χ4n) is 2.04. The zero-order valence-corrected chi connectivity index (χ0v) is 10.8. The largest absolute Gasteiger partial charge is 0.416 e. The Balaban J connectivity index is 2.14. The minimum atomic E-state index is -4.36. The van der Waals surface area contributed by atoms with Crippen LogP contribution in [0.25, 0.3) is 22.4 Å². The molecule has 0 unspecified atom stereocenters.